The first-order valence-electron chi connectivity index (χ1n) is 4.07. The molecule has 1 atom stereocenters. The van der Waals surface area contributed by atoms with Crippen LogP contribution in [-0.4, -0.2) is 21.1 Å². The second kappa shape index (κ2) is 3.62. The van der Waals surface area contributed by atoms with Crippen molar-refractivity contribution in [2.75, 3.05) is 0 Å². The summed E-state index contributed by atoms with van der Waals surface area (Å²) < 4.78 is 35.0. The van der Waals surface area contributed by atoms with Crippen LogP contribution in [0.2, 0.25) is 0 Å². The minimum Gasteiger partial charge on any atom is -0.504 e. The summed E-state index contributed by atoms with van der Waals surface area (Å²) in [6.45, 7) is 1.55. The molecule has 1 aliphatic rings. The number of rotatable bonds is 0. The molecule has 0 heterocycles. The van der Waals surface area contributed by atoms with Gasteiger partial charge in [0.15, 0.2) is 5.78 Å². The highest BCUT2D eigenvalue weighted by atomic mass is 32.2. The molecule has 7 heteroatoms. The molecule has 0 aliphatic heterocycles. The van der Waals surface area contributed by atoms with Gasteiger partial charge in [-0.05, 0) is 12.3 Å². The average molecular weight is 258 g/mol. The van der Waals surface area contributed by atoms with Crippen molar-refractivity contribution in [3.8, 4) is 0 Å². The summed E-state index contributed by atoms with van der Waals surface area (Å²) in [5, 5.41) is 8.87. The first-order valence-corrected chi connectivity index (χ1v) is 4.96. The van der Waals surface area contributed by atoms with Gasteiger partial charge in [0, 0.05) is 5.57 Å². The summed E-state index contributed by atoms with van der Waals surface area (Å²) in [5.41, 5.74) is -0.639. The maximum atomic E-state index is 12.1. The van der Waals surface area contributed by atoms with Gasteiger partial charge in [0.2, 0.25) is 5.76 Å². The second-order valence-corrected chi connectivity index (χ2v) is 5.25. The van der Waals surface area contributed by atoms with Crippen LogP contribution >= 0.6 is 25.3 Å². The minimum absolute atomic E-state index is 0.169. The minimum atomic E-state index is -4.90. The van der Waals surface area contributed by atoms with Gasteiger partial charge in [-0.25, -0.2) is 0 Å². The number of carbonyl (C=O) groups excluding carboxylic acids is 1. The summed E-state index contributed by atoms with van der Waals surface area (Å²) in [7, 11) is 0. The Morgan fingerprint density at radius 2 is 2.00 bits per heavy atom. The third kappa shape index (κ3) is 2.13. The smallest absolute Gasteiger partial charge is 0.449 e. The van der Waals surface area contributed by atoms with Gasteiger partial charge in [-0.2, -0.15) is 38.4 Å². The van der Waals surface area contributed by atoms with Gasteiger partial charge in [0.25, 0.3) is 0 Å². The lowest BCUT2D eigenvalue weighted by atomic mass is 10.1. The molecule has 1 unspecified atom stereocenters. The first kappa shape index (κ1) is 12.8. The lowest BCUT2D eigenvalue weighted by Gasteiger charge is -2.17. The lowest BCUT2D eigenvalue weighted by molar-refractivity contribution is -0.126. The van der Waals surface area contributed by atoms with Crippen LogP contribution in [0.3, 0.4) is 0 Å². The maximum absolute atomic E-state index is 12.1. The van der Waals surface area contributed by atoms with E-state index in [4.69, 9.17) is 5.11 Å². The number of alkyl halides is 3. The van der Waals surface area contributed by atoms with Crippen LogP contribution in [0.15, 0.2) is 11.3 Å². The molecule has 86 valence electrons. The average Bonchev–Trinajstić information content (AvgIpc) is 2.26. The molecule has 1 N–H and O–H groups in total. The zero-order chi connectivity index (χ0) is 12.0. The molecule has 2 nitrogen and oxygen atoms in total. The molecule has 1 saturated carbocycles. The van der Waals surface area contributed by atoms with E-state index in [0.717, 1.165) is 0 Å². The fraction of sp³-hybridized carbons (Fsp3) is 0.625. The molecule has 15 heavy (non-hydrogen) atoms. The van der Waals surface area contributed by atoms with Gasteiger partial charge < -0.3 is 5.11 Å². The molecule has 0 aromatic heterocycles. The SMILES string of the molecule is CC1C/C(=C(/O)C(F)(F)F)C(=O)C1(S)S. The number of hydrogen-bond acceptors (Lipinski definition) is 4. The first-order chi connectivity index (χ1) is 6.58. The number of ketones is 1. The van der Waals surface area contributed by atoms with Crippen LogP contribution in [0, 0.1) is 5.92 Å². The van der Waals surface area contributed by atoms with Crippen LogP contribution in [0.5, 0.6) is 0 Å². The van der Waals surface area contributed by atoms with Crippen LogP contribution < -0.4 is 0 Å². The van der Waals surface area contributed by atoms with E-state index in [1.807, 2.05) is 0 Å². The number of halogens is 3. The van der Waals surface area contributed by atoms with Gasteiger partial charge in [-0.15, -0.1) is 0 Å². The lowest BCUT2D eigenvalue weighted by Crippen LogP contribution is -2.27. The highest BCUT2D eigenvalue weighted by molar-refractivity contribution is 8.02. The quantitative estimate of drug-likeness (QED) is 0.270. The molecule has 0 amide bonds. The number of thiol groups is 2. The Labute approximate surface area is 95.4 Å². The standard InChI is InChI=1S/C8H9F3O2S2/c1-3-2-4(5(12)7(3,14)15)6(13)8(9,10)11/h3,13-15H,2H2,1H3/b6-4-. The van der Waals surface area contributed by atoms with Crippen molar-refractivity contribution in [2.24, 2.45) is 5.92 Å². The van der Waals surface area contributed by atoms with E-state index in [-0.39, 0.29) is 6.42 Å². The number of carbonyl (C=O) groups is 1. The summed E-state index contributed by atoms with van der Waals surface area (Å²) in [6, 6.07) is 0. The van der Waals surface area contributed by atoms with Crippen molar-refractivity contribution in [2.45, 2.75) is 23.6 Å². The fourth-order valence-electron chi connectivity index (χ4n) is 1.36. The fourth-order valence-corrected chi connectivity index (χ4v) is 1.81. The van der Waals surface area contributed by atoms with E-state index in [9.17, 15) is 18.0 Å². The molecular formula is C8H9F3O2S2. The summed E-state index contributed by atoms with van der Waals surface area (Å²) >= 11 is 7.78. The number of allylic oxidation sites excluding steroid dienone is 2. The van der Waals surface area contributed by atoms with Gasteiger partial charge >= 0.3 is 6.18 Å². The molecule has 1 fully saturated rings. The van der Waals surface area contributed by atoms with Gasteiger partial charge in [0.05, 0.1) is 0 Å². The third-order valence-corrected chi connectivity index (χ3v) is 3.65. The molecule has 1 aliphatic carbocycles. The van der Waals surface area contributed by atoms with Crippen molar-refractivity contribution in [3.63, 3.8) is 0 Å². The Morgan fingerprint density at radius 1 is 1.53 bits per heavy atom. The van der Waals surface area contributed by atoms with Crippen molar-refractivity contribution in [1.82, 2.24) is 0 Å². The van der Waals surface area contributed by atoms with E-state index >= 15 is 0 Å². The Bertz CT molecular complexity index is 333. The molecule has 0 spiro atoms. The number of hydrogen-bond donors (Lipinski definition) is 3. The molecule has 0 aromatic rings. The highest BCUT2D eigenvalue weighted by Crippen LogP contribution is 2.46. The molecule has 0 aromatic carbocycles. The maximum Gasteiger partial charge on any atom is 0.449 e. The van der Waals surface area contributed by atoms with Gasteiger partial charge in [-0.3, -0.25) is 4.79 Å². The predicted molar refractivity (Wildman–Crippen MR) is 55.2 cm³/mol. The van der Waals surface area contributed by atoms with E-state index in [0.29, 0.717) is 0 Å². The Balaban J connectivity index is 3.18. The Hall–Kier alpha value is -0.300. The van der Waals surface area contributed by atoms with Gasteiger partial charge in [0.1, 0.15) is 4.08 Å². The Kier molecular flexibility index (Phi) is 3.08. The zero-order valence-corrected chi connectivity index (χ0v) is 9.46. The number of aliphatic hydroxyl groups excluding tert-OH is 1. The molecule has 1 rings (SSSR count). The van der Waals surface area contributed by atoms with Crippen LogP contribution in [0.4, 0.5) is 13.2 Å². The highest BCUT2D eigenvalue weighted by Gasteiger charge is 2.50. The molecule has 0 bridgehead atoms. The van der Waals surface area contributed by atoms with Crippen LogP contribution in [0.1, 0.15) is 13.3 Å². The molecule has 0 saturated heterocycles. The predicted octanol–water partition coefficient (Wildman–Crippen LogP) is 2.53. The summed E-state index contributed by atoms with van der Waals surface area (Å²) in [4.78, 5) is 11.5. The monoisotopic (exact) mass is 258 g/mol. The van der Waals surface area contributed by atoms with E-state index in [1.54, 1.807) is 6.92 Å². The van der Waals surface area contributed by atoms with Crippen molar-refractivity contribution in [1.29, 1.82) is 0 Å². The van der Waals surface area contributed by atoms with E-state index in [1.165, 1.54) is 0 Å². The van der Waals surface area contributed by atoms with Crippen molar-refractivity contribution in [3.05, 3.63) is 11.3 Å². The van der Waals surface area contributed by atoms with Crippen molar-refractivity contribution < 1.29 is 23.1 Å². The normalized spacial score (nSPS) is 29.5. The third-order valence-electron chi connectivity index (χ3n) is 2.36. The van der Waals surface area contributed by atoms with E-state index in [2.05, 4.69) is 25.3 Å². The van der Waals surface area contributed by atoms with Crippen LogP contribution in [-0.2, 0) is 4.79 Å². The molecule has 0 radical (unpaired) electrons. The Morgan fingerprint density at radius 3 is 2.27 bits per heavy atom. The van der Waals surface area contributed by atoms with Crippen LogP contribution in [0.25, 0.3) is 0 Å². The van der Waals surface area contributed by atoms with Gasteiger partial charge in [-0.1, -0.05) is 6.92 Å². The molecular weight excluding hydrogens is 249 g/mol. The largest absolute Gasteiger partial charge is 0.504 e. The zero-order valence-electron chi connectivity index (χ0n) is 7.67. The summed E-state index contributed by atoms with van der Waals surface area (Å²) in [6.07, 6.45) is -5.07. The number of aliphatic hydroxyl groups is 1. The topological polar surface area (TPSA) is 37.3 Å². The summed E-state index contributed by atoms with van der Waals surface area (Å²) in [5.74, 6) is -3.17. The number of Topliss-reactive ketones (excluding diaryl/α,β-unsaturated/α-hetero) is 1. The van der Waals surface area contributed by atoms with Crippen molar-refractivity contribution >= 4 is 31.0 Å². The second-order valence-electron chi connectivity index (χ2n) is 3.49. The van der Waals surface area contributed by atoms with E-state index < -0.39 is 33.3 Å².